The number of carbonyl (C=O) groups excluding carboxylic acids is 4. The van der Waals surface area contributed by atoms with Crippen LogP contribution in [0.2, 0.25) is 0 Å². The lowest BCUT2D eigenvalue weighted by Gasteiger charge is -2.35. The van der Waals surface area contributed by atoms with Gasteiger partial charge in [0.15, 0.2) is 0 Å². The van der Waals surface area contributed by atoms with E-state index in [0.29, 0.717) is 32.2 Å². The number of nitrogens with zero attached hydrogens (tertiary/aromatic N) is 1. The maximum Gasteiger partial charge on any atom is 0.408 e. The van der Waals surface area contributed by atoms with Crippen LogP contribution in [0.4, 0.5) is 13.6 Å². The summed E-state index contributed by atoms with van der Waals surface area (Å²) in [5.74, 6) is -4.96. The number of rotatable bonds is 3. The molecule has 3 heterocycles. The van der Waals surface area contributed by atoms with Gasteiger partial charge in [-0.05, 0) is 52.4 Å². The average molecular weight is 543 g/mol. The minimum atomic E-state index is -3.33. The Labute approximate surface area is 224 Å². The molecule has 3 fully saturated rings. The van der Waals surface area contributed by atoms with Crippen LogP contribution in [-0.4, -0.2) is 71.5 Å². The van der Waals surface area contributed by atoms with Crippen molar-refractivity contribution in [2.24, 2.45) is 17.3 Å². The summed E-state index contributed by atoms with van der Waals surface area (Å²) in [6.07, 6.45) is 3.10. The molecule has 11 heteroatoms. The van der Waals surface area contributed by atoms with Gasteiger partial charge in [-0.15, -0.1) is 0 Å². The van der Waals surface area contributed by atoms with Gasteiger partial charge in [0.1, 0.15) is 17.7 Å². The van der Waals surface area contributed by atoms with Crippen LogP contribution in [0.15, 0.2) is 0 Å². The first-order chi connectivity index (χ1) is 17.6. The molecule has 38 heavy (non-hydrogen) atoms. The fourth-order valence-electron chi connectivity index (χ4n) is 5.94. The summed E-state index contributed by atoms with van der Waals surface area (Å²) in [6, 6.07) is -2.95. The van der Waals surface area contributed by atoms with Crippen LogP contribution in [0, 0.1) is 17.3 Å². The summed E-state index contributed by atoms with van der Waals surface area (Å²) in [5.41, 5.74) is -2.66. The zero-order valence-electron chi connectivity index (χ0n) is 23.5. The summed E-state index contributed by atoms with van der Waals surface area (Å²) in [5, 5.41) is 8.42. The molecule has 0 radical (unpaired) electrons. The van der Waals surface area contributed by atoms with Gasteiger partial charge in [0.05, 0.1) is 12.0 Å². The minimum Gasteiger partial charge on any atom is -0.444 e. The molecular weight excluding hydrogens is 498 g/mol. The van der Waals surface area contributed by atoms with Crippen LogP contribution in [0.5, 0.6) is 0 Å². The quantitative estimate of drug-likeness (QED) is 0.506. The molecule has 3 aliphatic heterocycles. The Hall–Kier alpha value is -2.46. The molecule has 9 nitrogen and oxygen atoms in total. The van der Waals surface area contributed by atoms with E-state index in [4.69, 9.17) is 4.74 Å². The minimum absolute atomic E-state index is 0.0496. The maximum absolute atomic E-state index is 15.3. The molecule has 0 aliphatic carbocycles. The van der Waals surface area contributed by atoms with E-state index in [1.165, 1.54) is 13.8 Å². The van der Waals surface area contributed by atoms with Crippen molar-refractivity contribution < 1.29 is 32.7 Å². The second-order valence-electron chi connectivity index (χ2n) is 12.6. The predicted molar refractivity (Wildman–Crippen MR) is 137 cm³/mol. The van der Waals surface area contributed by atoms with Crippen LogP contribution < -0.4 is 16.0 Å². The molecule has 0 saturated carbocycles. The highest BCUT2D eigenvalue weighted by Crippen LogP contribution is 2.48. The van der Waals surface area contributed by atoms with Gasteiger partial charge in [-0.3, -0.25) is 14.4 Å². The van der Waals surface area contributed by atoms with Gasteiger partial charge >= 0.3 is 6.09 Å². The van der Waals surface area contributed by atoms with Gasteiger partial charge in [-0.25, -0.2) is 13.6 Å². The van der Waals surface area contributed by atoms with E-state index in [9.17, 15) is 19.2 Å². The van der Waals surface area contributed by atoms with Gasteiger partial charge in [-0.1, -0.05) is 40.0 Å². The third-order valence-corrected chi connectivity index (χ3v) is 8.11. The number of amides is 4. The fourth-order valence-corrected chi connectivity index (χ4v) is 5.94. The Morgan fingerprint density at radius 2 is 1.79 bits per heavy atom. The molecule has 0 unspecified atom stereocenters. The summed E-state index contributed by atoms with van der Waals surface area (Å²) in [6.45, 7) is 9.22. The summed E-state index contributed by atoms with van der Waals surface area (Å²) < 4.78 is 35.9. The van der Waals surface area contributed by atoms with Crippen molar-refractivity contribution in [2.45, 2.75) is 116 Å². The van der Waals surface area contributed by atoms with Crippen molar-refractivity contribution in [1.82, 2.24) is 20.9 Å². The Morgan fingerprint density at radius 3 is 2.42 bits per heavy atom. The van der Waals surface area contributed by atoms with E-state index in [1.807, 2.05) is 6.92 Å². The predicted octanol–water partition coefficient (Wildman–Crippen LogP) is 3.36. The highest BCUT2D eigenvalue weighted by Gasteiger charge is 2.64. The molecule has 5 atom stereocenters. The van der Waals surface area contributed by atoms with Crippen molar-refractivity contribution in [2.75, 3.05) is 13.1 Å². The molecule has 3 rings (SSSR count). The molecule has 4 amide bonds. The molecule has 3 saturated heterocycles. The normalized spacial score (nSPS) is 31.9. The molecular formula is C27H44F2N4O5. The number of fused-ring (bicyclic) bond motifs is 2. The van der Waals surface area contributed by atoms with E-state index in [2.05, 4.69) is 16.0 Å². The number of carbonyl (C=O) groups is 4. The number of hydrogen-bond donors (Lipinski definition) is 3. The first-order valence-electron chi connectivity index (χ1n) is 13.8. The molecule has 0 aromatic rings. The fraction of sp³-hybridized carbons (Fsp3) is 0.852. The SMILES string of the molecule is CCC[C@@H]1C[C@@H]2C(=O)NC[C@@H]2CCCC[C@H](NC(=O)OC(C)(C)C)C(=O)N2CC(F)(F)C(C)(C)[C@H]2C(=O)N1. The zero-order chi connectivity index (χ0) is 28.5. The van der Waals surface area contributed by atoms with Crippen molar-refractivity contribution in [1.29, 1.82) is 0 Å². The molecule has 216 valence electrons. The van der Waals surface area contributed by atoms with Crippen molar-refractivity contribution in [3.8, 4) is 0 Å². The lowest BCUT2D eigenvalue weighted by atomic mass is 9.80. The second kappa shape index (κ2) is 11.3. The highest BCUT2D eigenvalue weighted by atomic mass is 19.3. The smallest absolute Gasteiger partial charge is 0.408 e. The molecule has 0 spiro atoms. The van der Waals surface area contributed by atoms with Crippen molar-refractivity contribution >= 4 is 23.8 Å². The number of alkyl carbamates (subject to hydrolysis) is 1. The van der Waals surface area contributed by atoms with E-state index in [-0.39, 0.29) is 30.2 Å². The molecule has 0 aromatic heterocycles. The third kappa shape index (κ3) is 6.57. The Bertz CT molecular complexity index is 920. The number of alkyl halides is 2. The average Bonchev–Trinajstić information content (AvgIpc) is 3.21. The van der Waals surface area contributed by atoms with E-state index >= 15 is 8.78 Å². The van der Waals surface area contributed by atoms with Crippen LogP contribution in [0.25, 0.3) is 0 Å². The van der Waals surface area contributed by atoms with Crippen LogP contribution in [-0.2, 0) is 19.1 Å². The summed E-state index contributed by atoms with van der Waals surface area (Å²) >= 11 is 0. The number of halogens is 2. The maximum atomic E-state index is 15.3. The molecule has 0 bridgehead atoms. The number of ether oxygens (including phenoxy) is 1. The number of nitrogens with one attached hydrogen (secondary N) is 3. The summed E-state index contributed by atoms with van der Waals surface area (Å²) in [7, 11) is 0. The van der Waals surface area contributed by atoms with Crippen LogP contribution in [0.1, 0.15) is 86.5 Å². The van der Waals surface area contributed by atoms with Crippen molar-refractivity contribution in [3.63, 3.8) is 0 Å². The zero-order valence-corrected chi connectivity index (χ0v) is 23.5. The number of hydrogen-bond acceptors (Lipinski definition) is 5. The molecule has 3 aliphatic rings. The van der Waals surface area contributed by atoms with Crippen LogP contribution in [0.3, 0.4) is 0 Å². The van der Waals surface area contributed by atoms with Gasteiger partial charge in [0.2, 0.25) is 17.7 Å². The van der Waals surface area contributed by atoms with Gasteiger partial charge < -0.3 is 25.6 Å². The molecule has 0 aromatic carbocycles. The van der Waals surface area contributed by atoms with E-state index < -0.39 is 53.5 Å². The first kappa shape index (κ1) is 30.1. The standard InChI is InChI=1S/C27H44F2N4O5/c1-7-10-17-13-18-16(14-30-21(18)34)11-8-9-12-19(32-24(37)38-25(2,3)4)23(36)33-15-27(28,29)26(5,6)20(33)22(35)31-17/h16-20H,7-15H2,1-6H3,(H,30,34)(H,31,35)(H,32,37)/t16-,17+,18-,19-,20+/m0/s1. The lowest BCUT2D eigenvalue weighted by molar-refractivity contribution is -0.143. The topological polar surface area (TPSA) is 117 Å². The summed E-state index contributed by atoms with van der Waals surface area (Å²) in [4.78, 5) is 53.5. The van der Waals surface area contributed by atoms with E-state index in [1.54, 1.807) is 20.8 Å². The first-order valence-corrected chi connectivity index (χ1v) is 13.8. The van der Waals surface area contributed by atoms with Crippen molar-refractivity contribution in [3.05, 3.63) is 0 Å². The highest BCUT2D eigenvalue weighted by molar-refractivity contribution is 5.93. The van der Waals surface area contributed by atoms with Crippen LogP contribution >= 0.6 is 0 Å². The van der Waals surface area contributed by atoms with E-state index in [0.717, 1.165) is 17.7 Å². The van der Waals surface area contributed by atoms with Gasteiger partial charge in [0, 0.05) is 18.5 Å². The van der Waals surface area contributed by atoms with Gasteiger partial charge in [0.25, 0.3) is 5.92 Å². The monoisotopic (exact) mass is 542 g/mol. The molecule has 3 N–H and O–H groups in total. The Balaban J connectivity index is 1.97. The lowest BCUT2D eigenvalue weighted by Crippen LogP contribution is -2.58. The second-order valence-corrected chi connectivity index (χ2v) is 12.6. The Morgan fingerprint density at radius 1 is 1.13 bits per heavy atom. The Kier molecular flexibility index (Phi) is 8.98. The third-order valence-electron chi connectivity index (χ3n) is 8.11. The largest absolute Gasteiger partial charge is 0.444 e. The van der Waals surface area contributed by atoms with Gasteiger partial charge in [-0.2, -0.15) is 0 Å².